The average Bonchev–Trinajstić information content (AvgIpc) is 2.65. The van der Waals surface area contributed by atoms with Crippen molar-refractivity contribution in [3.05, 3.63) is 0 Å². The number of carbonyl (C=O) groups is 1. The summed E-state index contributed by atoms with van der Waals surface area (Å²) in [6.45, 7) is 5.63. The van der Waals surface area contributed by atoms with Crippen LogP contribution in [0.2, 0.25) is 0 Å². The Morgan fingerprint density at radius 3 is 2.87 bits per heavy atom. The summed E-state index contributed by atoms with van der Waals surface area (Å²) in [6.07, 6.45) is 1.17. The van der Waals surface area contributed by atoms with Gasteiger partial charge in [0.15, 0.2) is 0 Å². The van der Waals surface area contributed by atoms with Gasteiger partial charge in [0.05, 0.1) is 19.6 Å². The number of methoxy groups -OCH3 is 2. The fraction of sp³-hybridized carbons (Fsp3) is 0.909. The Balaban J connectivity index is 2.26. The third-order valence-electron chi connectivity index (χ3n) is 2.91. The highest BCUT2D eigenvalue weighted by atomic mass is 16.5. The zero-order valence-corrected chi connectivity index (χ0v) is 9.86. The van der Waals surface area contributed by atoms with Crippen LogP contribution in [0.25, 0.3) is 0 Å². The van der Waals surface area contributed by atoms with Gasteiger partial charge in [-0.05, 0) is 18.9 Å². The highest BCUT2D eigenvalue weighted by Crippen LogP contribution is 2.17. The van der Waals surface area contributed by atoms with Crippen molar-refractivity contribution in [1.82, 2.24) is 4.90 Å². The molecule has 2 atom stereocenters. The molecule has 0 aromatic carbocycles. The second kappa shape index (κ2) is 6.08. The van der Waals surface area contributed by atoms with Crippen molar-refractivity contribution in [2.45, 2.75) is 13.3 Å². The van der Waals surface area contributed by atoms with Gasteiger partial charge >= 0.3 is 5.97 Å². The molecule has 1 fully saturated rings. The van der Waals surface area contributed by atoms with Crippen LogP contribution in [0.3, 0.4) is 0 Å². The van der Waals surface area contributed by atoms with Crippen LogP contribution in [0, 0.1) is 11.8 Å². The number of nitrogens with zero attached hydrogens (tertiary/aromatic N) is 1. The highest BCUT2D eigenvalue weighted by Gasteiger charge is 2.25. The van der Waals surface area contributed by atoms with Gasteiger partial charge in [0.25, 0.3) is 0 Å². The second-order valence-corrected chi connectivity index (χ2v) is 4.29. The van der Waals surface area contributed by atoms with Gasteiger partial charge in [-0.15, -0.1) is 0 Å². The predicted molar refractivity (Wildman–Crippen MR) is 57.6 cm³/mol. The zero-order valence-electron chi connectivity index (χ0n) is 9.86. The summed E-state index contributed by atoms with van der Waals surface area (Å²) in [5.41, 5.74) is 0. The minimum absolute atomic E-state index is 0.0312. The van der Waals surface area contributed by atoms with Crippen molar-refractivity contribution >= 4 is 5.97 Å². The highest BCUT2D eigenvalue weighted by molar-refractivity contribution is 5.72. The van der Waals surface area contributed by atoms with Crippen LogP contribution in [-0.2, 0) is 14.3 Å². The SMILES string of the molecule is COCC1CCN(CC(C)C(=O)OC)C1. The first-order valence-corrected chi connectivity index (χ1v) is 5.46. The number of likely N-dealkylation sites (tertiary alicyclic amines) is 1. The van der Waals surface area contributed by atoms with Gasteiger partial charge in [-0.25, -0.2) is 0 Å². The molecule has 0 amide bonds. The van der Waals surface area contributed by atoms with E-state index >= 15 is 0 Å². The number of hydrogen-bond acceptors (Lipinski definition) is 4. The standard InChI is InChI=1S/C11H21NO3/c1-9(11(13)15-3)6-12-5-4-10(7-12)8-14-2/h9-10H,4-8H2,1-3H3. The van der Waals surface area contributed by atoms with Gasteiger partial charge in [-0.3, -0.25) is 4.79 Å². The molecule has 1 saturated heterocycles. The van der Waals surface area contributed by atoms with Crippen molar-refractivity contribution in [3.63, 3.8) is 0 Å². The number of carbonyl (C=O) groups excluding carboxylic acids is 1. The Morgan fingerprint density at radius 1 is 1.53 bits per heavy atom. The molecule has 0 aliphatic carbocycles. The van der Waals surface area contributed by atoms with E-state index in [0.717, 1.165) is 26.2 Å². The van der Waals surface area contributed by atoms with Crippen molar-refractivity contribution < 1.29 is 14.3 Å². The second-order valence-electron chi connectivity index (χ2n) is 4.29. The third-order valence-corrected chi connectivity index (χ3v) is 2.91. The van der Waals surface area contributed by atoms with Crippen LogP contribution in [0.5, 0.6) is 0 Å². The maximum absolute atomic E-state index is 11.2. The number of rotatable bonds is 5. The van der Waals surface area contributed by atoms with Gasteiger partial charge in [-0.1, -0.05) is 6.92 Å². The first-order chi connectivity index (χ1) is 7.17. The van der Waals surface area contributed by atoms with E-state index in [1.54, 1.807) is 7.11 Å². The van der Waals surface area contributed by atoms with E-state index in [1.807, 2.05) is 6.92 Å². The third kappa shape index (κ3) is 3.80. The van der Waals surface area contributed by atoms with Crippen LogP contribution < -0.4 is 0 Å². The molecule has 0 radical (unpaired) electrons. The fourth-order valence-corrected chi connectivity index (χ4v) is 2.11. The molecular weight excluding hydrogens is 194 g/mol. The Bertz CT molecular complexity index is 208. The molecule has 0 aromatic rings. The van der Waals surface area contributed by atoms with E-state index in [-0.39, 0.29) is 11.9 Å². The van der Waals surface area contributed by atoms with Crippen LogP contribution >= 0.6 is 0 Å². The largest absolute Gasteiger partial charge is 0.469 e. The summed E-state index contributed by atoms with van der Waals surface area (Å²) in [6, 6.07) is 0. The average molecular weight is 215 g/mol. The molecule has 15 heavy (non-hydrogen) atoms. The Hall–Kier alpha value is -0.610. The molecule has 0 N–H and O–H groups in total. The lowest BCUT2D eigenvalue weighted by Gasteiger charge is -2.19. The Labute approximate surface area is 91.5 Å². The van der Waals surface area contributed by atoms with Gasteiger partial charge in [0.2, 0.25) is 0 Å². The van der Waals surface area contributed by atoms with Crippen LogP contribution in [0.4, 0.5) is 0 Å². The van der Waals surface area contributed by atoms with E-state index < -0.39 is 0 Å². The molecule has 1 aliphatic rings. The van der Waals surface area contributed by atoms with E-state index in [1.165, 1.54) is 13.5 Å². The summed E-state index contributed by atoms with van der Waals surface area (Å²) in [5.74, 6) is 0.473. The summed E-state index contributed by atoms with van der Waals surface area (Å²) < 4.78 is 9.84. The summed E-state index contributed by atoms with van der Waals surface area (Å²) in [4.78, 5) is 13.5. The Kier molecular flexibility index (Phi) is 5.05. The predicted octanol–water partition coefficient (Wildman–Crippen LogP) is 0.764. The molecule has 1 aliphatic heterocycles. The van der Waals surface area contributed by atoms with Crippen molar-refractivity contribution in [2.24, 2.45) is 11.8 Å². The molecule has 0 spiro atoms. The van der Waals surface area contributed by atoms with Gasteiger partial charge in [0, 0.05) is 20.2 Å². The monoisotopic (exact) mass is 215 g/mol. The van der Waals surface area contributed by atoms with E-state index in [4.69, 9.17) is 9.47 Å². The van der Waals surface area contributed by atoms with E-state index in [0.29, 0.717) is 5.92 Å². The van der Waals surface area contributed by atoms with E-state index in [9.17, 15) is 4.79 Å². The molecule has 1 heterocycles. The zero-order chi connectivity index (χ0) is 11.3. The number of ether oxygens (including phenoxy) is 2. The number of hydrogen-bond donors (Lipinski definition) is 0. The molecule has 1 rings (SSSR count). The fourth-order valence-electron chi connectivity index (χ4n) is 2.11. The van der Waals surface area contributed by atoms with Crippen molar-refractivity contribution in [1.29, 1.82) is 0 Å². The Morgan fingerprint density at radius 2 is 2.27 bits per heavy atom. The van der Waals surface area contributed by atoms with Gasteiger partial charge < -0.3 is 14.4 Å². The smallest absolute Gasteiger partial charge is 0.309 e. The summed E-state index contributed by atoms with van der Waals surface area (Å²) in [5, 5.41) is 0. The maximum Gasteiger partial charge on any atom is 0.309 e. The molecule has 88 valence electrons. The topological polar surface area (TPSA) is 38.8 Å². The van der Waals surface area contributed by atoms with Crippen LogP contribution in [0.15, 0.2) is 0 Å². The lowest BCUT2D eigenvalue weighted by atomic mass is 10.1. The van der Waals surface area contributed by atoms with Gasteiger partial charge in [0.1, 0.15) is 0 Å². The summed E-state index contributed by atoms with van der Waals surface area (Å²) >= 11 is 0. The van der Waals surface area contributed by atoms with Crippen molar-refractivity contribution in [3.8, 4) is 0 Å². The first-order valence-electron chi connectivity index (χ1n) is 5.46. The van der Waals surface area contributed by atoms with Gasteiger partial charge in [-0.2, -0.15) is 0 Å². The maximum atomic E-state index is 11.2. The lowest BCUT2D eigenvalue weighted by Crippen LogP contribution is -2.31. The van der Waals surface area contributed by atoms with Crippen molar-refractivity contribution in [2.75, 3.05) is 40.5 Å². The minimum atomic E-state index is -0.120. The summed E-state index contributed by atoms with van der Waals surface area (Å²) in [7, 11) is 3.18. The minimum Gasteiger partial charge on any atom is -0.469 e. The first kappa shape index (κ1) is 12.5. The molecule has 4 heteroatoms. The molecule has 0 aromatic heterocycles. The number of esters is 1. The molecule has 2 unspecified atom stereocenters. The van der Waals surface area contributed by atoms with Crippen LogP contribution in [0.1, 0.15) is 13.3 Å². The van der Waals surface area contributed by atoms with E-state index in [2.05, 4.69) is 4.90 Å². The molecular formula is C11H21NO3. The molecule has 0 saturated carbocycles. The lowest BCUT2D eigenvalue weighted by molar-refractivity contribution is -0.145. The quantitative estimate of drug-likeness (QED) is 0.635. The molecule has 4 nitrogen and oxygen atoms in total. The molecule has 0 bridgehead atoms. The normalized spacial score (nSPS) is 24.1. The van der Waals surface area contributed by atoms with Crippen LogP contribution in [-0.4, -0.2) is 51.3 Å².